The fraction of sp³-hybridized carbons (Fsp3) is 0.600. The topological polar surface area (TPSA) is 112 Å². The van der Waals surface area contributed by atoms with Gasteiger partial charge in [-0.15, -0.1) is 0 Å². The number of aromatic amines is 1. The van der Waals surface area contributed by atoms with Gasteiger partial charge in [0.25, 0.3) is 0 Å². The van der Waals surface area contributed by atoms with Gasteiger partial charge in [0.2, 0.25) is 0 Å². The predicted molar refractivity (Wildman–Crippen MR) is 153 cm³/mol. The summed E-state index contributed by atoms with van der Waals surface area (Å²) in [6, 6.07) is 8.20. The highest BCUT2D eigenvalue weighted by Crippen LogP contribution is 2.33. The van der Waals surface area contributed by atoms with Crippen LogP contribution >= 0.6 is 0 Å². The zero-order valence-electron chi connectivity index (χ0n) is 24.5. The van der Waals surface area contributed by atoms with Gasteiger partial charge >= 0.3 is 12.2 Å². The molecular formula is C30H42N6O4. The molecule has 3 aliphatic heterocycles. The minimum absolute atomic E-state index is 0.0563. The molecule has 2 amide bonds. The third-order valence-corrected chi connectivity index (χ3v) is 7.37. The Balaban J connectivity index is 1.21. The van der Waals surface area contributed by atoms with Gasteiger partial charge in [0.15, 0.2) is 0 Å². The molecule has 4 heterocycles. The van der Waals surface area contributed by atoms with Crippen LogP contribution < -0.4 is 5.32 Å². The van der Waals surface area contributed by atoms with Crippen molar-refractivity contribution in [3.8, 4) is 11.3 Å². The number of nitrogens with zero attached hydrogens (tertiary/aromatic N) is 4. The quantitative estimate of drug-likeness (QED) is 0.513. The van der Waals surface area contributed by atoms with Crippen molar-refractivity contribution in [1.29, 1.82) is 0 Å². The third kappa shape index (κ3) is 6.26. The Kier molecular flexibility index (Phi) is 7.54. The first-order valence-corrected chi connectivity index (χ1v) is 14.3. The van der Waals surface area contributed by atoms with Crippen molar-refractivity contribution in [2.24, 2.45) is 4.99 Å². The number of nitrogens with one attached hydrogen (secondary N) is 2. The van der Waals surface area contributed by atoms with E-state index in [0.717, 1.165) is 54.2 Å². The van der Waals surface area contributed by atoms with Gasteiger partial charge in [-0.1, -0.05) is 24.3 Å². The molecule has 1 unspecified atom stereocenters. The number of imidazole rings is 1. The Morgan fingerprint density at radius 3 is 2.05 bits per heavy atom. The average Bonchev–Trinajstić information content (AvgIpc) is 3.67. The molecule has 1 aromatic heterocycles. The molecule has 0 saturated carbocycles. The second-order valence-electron chi connectivity index (χ2n) is 12.9. The summed E-state index contributed by atoms with van der Waals surface area (Å²) in [5.74, 6) is 1.64. The Bertz CT molecular complexity index is 1260. The van der Waals surface area contributed by atoms with Crippen LogP contribution in [-0.2, 0) is 9.47 Å². The van der Waals surface area contributed by atoms with E-state index in [2.05, 4.69) is 34.6 Å². The van der Waals surface area contributed by atoms with E-state index in [4.69, 9.17) is 19.5 Å². The number of H-pyrrole nitrogens is 1. The first-order valence-electron chi connectivity index (χ1n) is 14.3. The molecule has 0 aliphatic carbocycles. The zero-order chi connectivity index (χ0) is 28.7. The van der Waals surface area contributed by atoms with E-state index in [0.29, 0.717) is 19.6 Å². The summed E-state index contributed by atoms with van der Waals surface area (Å²) < 4.78 is 11.2. The lowest BCUT2D eigenvalue weighted by molar-refractivity contribution is 0.0216. The summed E-state index contributed by atoms with van der Waals surface area (Å²) in [4.78, 5) is 41.9. The van der Waals surface area contributed by atoms with Crippen molar-refractivity contribution < 1.29 is 19.1 Å². The van der Waals surface area contributed by atoms with Crippen LogP contribution in [0.3, 0.4) is 0 Å². The summed E-state index contributed by atoms with van der Waals surface area (Å²) in [6.07, 6.45) is 4.91. The van der Waals surface area contributed by atoms with E-state index in [1.54, 1.807) is 9.80 Å². The SMILES string of the molecule is CC(C)(C)OC(=O)N1CCC[C@H]1C1=NCC(c2ccc(-c3c[nH]c([C@@H]4CCCN4C(=O)OC(C)(C)C)n3)cc2)N1. The van der Waals surface area contributed by atoms with E-state index in [-0.39, 0.29) is 30.3 Å². The minimum Gasteiger partial charge on any atom is -0.444 e. The van der Waals surface area contributed by atoms with Crippen molar-refractivity contribution in [2.45, 2.75) is 96.6 Å². The Morgan fingerprint density at radius 2 is 1.45 bits per heavy atom. The van der Waals surface area contributed by atoms with Crippen molar-refractivity contribution >= 4 is 18.0 Å². The summed E-state index contributed by atoms with van der Waals surface area (Å²) in [5, 5.41) is 3.56. The molecule has 10 heteroatoms. The number of ether oxygens (including phenoxy) is 2. The summed E-state index contributed by atoms with van der Waals surface area (Å²) >= 11 is 0. The third-order valence-electron chi connectivity index (χ3n) is 7.37. The van der Waals surface area contributed by atoms with Crippen LogP contribution in [0, 0.1) is 0 Å². The van der Waals surface area contributed by atoms with Crippen LogP contribution in [0.1, 0.15) is 90.7 Å². The number of hydrogen-bond donors (Lipinski definition) is 2. The molecule has 0 spiro atoms. The number of carbonyl (C=O) groups excluding carboxylic acids is 2. The van der Waals surface area contributed by atoms with Crippen molar-refractivity contribution in [3.05, 3.63) is 41.9 Å². The lowest BCUT2D eigenvalue weighted by atomic mass is 10.0. The van der Waals surface area contributed by atoms with Gasteiger partial charge < -0.3 is 19.8 Å². The number of carbonyl (C=O) groups is 2. The van der Waals surface area contributed by atoms with Crippen LogP contribution in [0.2, 0.25) is 0 Å². The molecule has 0 bridgehead atoms. The molecule has 2 saturated heterocycles. The Morgan fingerprint density at radius 1 is 0.875 bits per heavy atom. The van der Waals surface area contributed by atoms with Gasteiger partial charge in [-0.2, -0.15) is 0 Å². The van der Waals surface area contributed by atoms with Gasteiger partial charge in [0.1, 0.15) is 22.9 Å². The number of amidine groups is 1. The smallest absolute Gasteiger partial charge is 0.410 e. The summed E-state index contributed by atoms with van der Waals surface area (Å²) in [7, 11) is 0. The van der Waals surface area contributed by atoms with Gasteiger partial charge in [0.05, 0.1) is 30.4 Å². The van der Waals surface area contributed by atoms with Gasteiger partial charge in [-0.3, -0.25) is 14.8 Å². The van der Waals surface area contributed by atoms with Gasteiger partial charge in [-0.25, -0.2) is 14.6 Å². The van der Waals surface area contributed by atoms with Crippen LogP contribution in [0.15, 0.2) is 35.5 Å². The lowest BCUT2D eigenvalue weighted by Gasteiger charge is -2.29. The maximum atomic E-state index is 12.7. The fourth-order valence-corrected chi connectivity index (χ4v) is 5.57. The van der Waals surface area contributed by atoms with Crippen LogP contribution in [-0.4, -0.2) is 74.7 Å². The number of aliphatic imine (C=N–C) groups is 1. The van der Waals surface area contributed by atoms with Gasteiger partial charge in [-0.05, 0) is 72.8 Å². The number of benzene rings is 1. The number of likely N-dealkylation sites (tertiary alicyclic amines) is 2. The fourth-order valence-electron chi connectivity index (χ4n) is 5.57. The molecule has 5 rings (SSSR count). The second kappa shape index (κ2) is 10.8. The monoisotopic (exact) mass is 550 g/mol. The van der Waals surface area contributed by atoms with Crippen molar-refractivity contribution in [3.63, 3.8) is 0 Å². The van der Waals surface area contributed by atoms with E-state index in [1.807, 2.05) is 47.7 Å². The van der Waals surface area contributed by atoms with E-state index < -0.39 is 11.2 Å². The number of rotatable bonds is 4. The molecular weight excluding hydrogens is 508 g/mol. The summed E-state index contributed by atoms with van der Waals surface area (Å²) in [6.45, 7) is 13.3. The Labute approximate surface area is 236 Å². The van der Waals surface area contributed by atoms with Crippen molar-refractivity contribution in [2.75, 3.05) is 19.6 Å². The Hall–Kier alpha value is -3.56. The van der Waals surface area contributed by atoms with E-state index in [1.165, 1.54) is 0 Å². The number of aromatic nitrogens is 2. The molecule has 3 aliphatic rings. The highest BCUT2D eigenvalue weighted by molar-refractivity contribution is 5.92. The molecule has 10 nitrogen and oxygen atoms in total. The van der Waals surface area contributed by atoms with Crippen LogP contribution in [0.4, 0.5) is 9.59 Å². The first kappa shape index (κ1) is 28.0. The van der Waals surface area contributed by atoms with E-state index in [9.17, 15) is 9.59 Å². The molecule has 2 aromatic rings. The number of hydrogen-bond acceptors (Lipinski definition) is 7. The zero-order valence-corrected chi connectivity index (χ0v) is 24.5. The molecule has 2 fully saturated rings. The summed E-state index contributed by atoms with van der Waals surface area (Å²) in [5.41, 5.74) is 1.91. The molecule has 1 aromatic carbocycles. The van der Waals surface area contributed by atoms with E-state index >= 15 is 0 Å². The lowest BCUT2D eigenvalue weighted by Crippen LogP contribution is -2.46. The molecule has 40 heavy (non-hydrogen) atoms. The number of amides is 2. The molecule has 2 N–H and O–H groups in total. The largest absolute Gasteiger partial charge is 0.444 e. The molecule has 0 radical (unpaired) electrons. The predicted octanol–water partition coefficient (Wildman–Crippen LogP) is 5.59. The maximum Gasteiger partial charge on any atom is 0.410 e. The normalized spacial score (nSPS) is 23.2. The van der Waals surface area contributed by atoms with Crippen LogP contribution in [0.5, 0.6) is 0 Å². The van der Waals surface area contributed by atoms with Crippen LogP contribution in [0.25, 0.3) is 11.3 Å². The highest BCUT2D eigenvalue weighted by atomic mass is 16.6. The molecule has 216 valence electrons. The standard InChI is InChI=1S/C30H42N6O4/c1-29(2,3)39-27(37)35-15-7-9-23(35)25-31-17-21(33-25)19-11-13-20(14-12-19)22-18-32-26(34-22)24-10-8-16-36(24)28(38)40-30(4,5)6/h11-14,17,22-24H,7-10,15-16,18H2,1-6H3,(H,31,33)(H,32,34)/t22?,23-,24-/m0/s1. The average molecular weight is 551 g/mol. The maximum absolute atomic E-state index is 12.7. The minimum atomic E-state index is -0.533. The first-order chi connectivity index (χ1) is 18.9. The van der Waals surface area contributed by atoms with Crippen molar-refractivity contribution in [1.82, 2.24) is 25.1 Å². The molecule has 3 atom stereocenters. The second-order valence-corrected chi connectivity index (χ2v) is 12.9. The highest BCUT2D eigenvalue weighted by Gasteiger charge is 2.38. The van der Waals surface area contributed by atoms with Gasteiger partial charge in [0, 0.05) is 24.8 Å².